The first-order valence-corrected chi connectivity index (χ1v) is 10.2. The van der Waals surface area contributed by atoms with Crippen LogP contribution in [0.3, 0.4) is 0 Å². The van der Waals surface area contributed by atoms with Gasteiger partial charge in [0.2, 0.25) is 0 Å². The number of non-ortho nitro benzene ring substituents is 1. The Balaban J connectivity index is 1.53. The van der Waals surface area contributed by atoms with Gasteiger partial charge in [-0.25, -0.2) is 4.79 Å². The van der Waals surface area contributed by atoms with Crippen LogP contribution >= 0.6 is 0 Å². The van der Waals surface area contributed by atoms with Gasteiger partial charge in [0.25, 0.3) is 11.6 Å². The molecule has 0 radical (unpaired) electrons. The fourth-order valence-corrected chi connectivity index (χ4v) is 3.82. The second-order valence-corrected chi connectivity index (χ2v) is 7.55. The summed E-state index contributed by atoms with van der Waals surface area (Å²) in [7, 11) is 0. The number of nitro benzene ring substituents is 1. The van der Waals surface area contributed by atoms with E-state index in [0.29, 0.717) is 11.1 Å². The third-order valence-electron chi connectivity index (χ3n) is 5.38. The lowest BCUT2D eigenvalue weighted by Gasteiger charge is -2.28. The molecule has 168 valence electrons. The number of carbonyl (C=O) groups is 2. The van der Waals surface area contributed by atoms with E-state index in [1.165, 1.54) is 24.3 Å². The third-order valence-corrected chi connectivity index (χ3v) is 5.38. The smallest absolute Gasteiger partial charge is 0.325 e. The van der Waals surface area contributed by atoms with E-state index in [9.17, 15) is 24.8 Å². The number of aliphatic hydroxyl groups excluding tert-OH is 1. The van der Waals surface area contributed by atoms with Crippen molar-refractivity contribution in [2.75, 3.05) is 13.2 Å². The molecule has 1 aliphatic heterocycles. The number of aliphatic hydroxyl groups is 1. The maximum Gasteiger partial charge on any atom is 0.325 e. The van der Waals surface area contributed by atoms with Crippen molar-refractivity contribution in [3.05, 3.63) is 106 Å². The van der Waals surface area contributed by atoms with Gasteiger partial charge in [0.15, 0.2) is 5.54 Å². The lowest BCUT2D eigenvalue weighted by atomic mass is 9.82. The Labute approximate surface area is 189 Å². The number of nitro groups is 1. The maximum atomic E-state index is 13.6. The van der Waals surface area contributed by atoms with Crippen molar-refractivity contribution in [3.8, 4) is 5.75 Å². The number of benzene rings is 3. The second-order valence-electron chi connectivity index (χ2n) is 7.55. The summed E-state index contributed by atoms with van der Waals surface area (Å²) >= 11 is 0. The Morgan fingerprint density at radius 1 is 0.970 bits per heavy atom. The molecule has 1 saturated heterocycles. The molecule has 1 unspecified atom stereocenters. The normalized spacial score (nSPS) is 15.7. The number of hydrogen-bond acceptors (Lipinski definition) is 6. The molecule has 0 aliphatic carbocycles. The minimum atomic E-state index is -1.42. The monoisotopic (exact) mass is 447 g/mol. The minimum absolute atomic E-state index is 0.147. The van der Waals surface area contributed by atoms with E-state index in [2.05, 4.69) is 5.32 Å². The summed E-state index contributed by atoms with van der Waals surface area (Å²) in [4.78, 5) is 37.7. The van der Waals surface area contributed by atoms with Gasteiger partial charge in [-0.1, -0.05) is 66.7 Å². The van der Waals surface area contributed by atoms with Gasteiger partial charge in [0.1, 0.15) is 18.5 Å². The van der Waals surface area contributed by atoms with Crippen molar-refractivity contribution < 1.29 is 24.4 Å². The first-order chi connectivity index (χ1) is 15.9. The van der Waals surface area contributed by atoms with Crippen molar-refractivity contribution in [2.24, 2.45) is 0 Å². The number of amides is 3. The van der Waals surface area contributed by atoms with E-state index < -0.39 is 28.5 Å². The Morgan fingerprint density at radius 3 is 2.15 bits per heavy atom. The molecule has 3 amide bonds. The van der Waals surface area contributed by atoms with Crippen molar-refractivity contribution >= 4 is 17.6 Å². The number of imide groups is 1. The Bertz CT molecular complexity index is 1130. The molecular formula is C24H21N3O6. The Morgan fingerprint density at radius 2 is 1.58 bits per heavy atom. The zero-order valence-corrected chi connectivity index (χ0v) is 17.5. The van der Waals surface area contributed by atoms with E-state index in [1.807, 2.05) is 12.1 Å². The van der Waals surface area contributed by atoms with Crippen LogP contribution in [0.25, 0.3) is 0 Å². The number of urea groups is 1. The van der Waals surface area contributed by atoms with Crippen LogP contribution in [0.1, 0.15) is 11.1 Å². The van der Waals surface area contributed by atoms with E-state index in [4.69, 9.17) is 4.74 Å². The molecule has 2 N–H and O–H groups in total. The van der Waals surface area contributed by atoms with Gasteiger partial charge >= 0.3 is 6.03 Å². The number of rotatable bonds is 8. The second kappa shape index (κ2) is 9.09. The summed E-state index contributed by atoms with van der Waals surface area (Å²) in [6.07, 6.45) is -1.21. The largest absolute Gasteiger partial charge is 0.491 e. The number of ether oxygens (including phenoxy) is 1. The molecule has 4 rings (SSSR count). The molecule has 0 bridgehead atoms. The summed E-state index contributed by atoms with van der Waals surface area (Å²) in [6, 6.07) is 22.7. The van der Waals surface area contributed by atoms with Crippen LogP contribution < -0.4 is 10.1 Å². The van der Waals surface area contributed by atoms with Crippen LogP contribution in [0.4, 0.5) is 10.5 Å². The summed E-state index contributed by atoms with van der Waals surface area (Å²) in [5.41, 5.74) is -0.370. The topological polar surface area (TPSA) is 122 Å². The standard InChI is InChI=1S/C24H21N3O6/c28-20(16-33-21-13-7-12-19(14-21)27(31)32)15-26-22(29)24(25-23(26)30,17-8-3-1-4-9-17)18-10-5-2-6-11-18/h1-14,20,28H,15-16H2,(H,25,30). The lowest BCUT2D eigenvalue weighted by molar-refractivity contribution is -0.384. The molecule has 0 saturated carbocycles. The van der Waals surface area contributed by atoms with Crippen molar-refractivity contribution in [2.45, 2.75) is 11.6 Å². The van der Waals surface area contributed by atoms with Crippen molar-refractivity contribution in [1.29, 1.82) is 0 Å². The molecule has 1 heterocycles. The predicted molar refractivity (Wildman–Crippen MR) is 119 cm³/mol. The number of hydrogen-bond donors (Lipinski definition) is 2. The lowest BCUT2D eigenvalue weighted by Crippen LogP contribution is -2.46. The van der Waals surface area contributed by atoms with Crippen LogP contribution in [0.2, 0.25) is 0 Å². The maximum absolute atomic E-state index is 13.6. The van der Waals surface area contributed by atoms with Crippen LogP contribution in [0.5, 0.6) is 5.75 Å². The number of carbonyl (C=O) groups excluding carboxylic acids is 2. The van der Waals surface area contributed by atoms with E-state index in [1.54, 1.807) is 48.5 Å². The molecule has 3 aromatic carbocycles. The molecule has 33 heavy (non-hydrogen) atoms. The quantitative estimate of drug-likeness (QED) is 0.311. The SMILES string of the molecule is O=C1NC(c2ccccc2)(c2ccccc2)C(=O)N1CC(O)COc1cccc([N+](=O)[O-])c1. The van der Waals surface area contributed by atoms with Crippen LogP contribution in [0.15, 0.2) is 84.9 Å². The summed E-state index contributed by atoms with van der Waals surface area (Å²) in [5, 5.41) is 24.2. The Kier molecular flexibility index (Phi) is 6.05. The van der Waals surface area contributed by atoms with E-state index >= 15 is 0 Å². The molecule has 9 nitrogen and oxygen atoms in total. The van der Waals surface area contributed by atoms with Crippen molar-refractivity contribution in [3.63, 3.8) is 0 Å². The average molecular weight is 447 g/mol. The average Bonchev–Trinajstić information content (AvgIpc) is 3.09. The zero-order chi connectivity index (χ0) is 23.4. The van der Waals surface area contributed by atoms with E-state index in [0.717, 1.165) is 4.90 Å². The van der Waals surface area contributed by atoms with Gasteiger partial charge in [-0.2, -0.15) is 0 Å². The highest BCUT2D eigenvalue weighted by atomic mass is 16.6. The van der Waals surface area contributed by atoms with E-state index in [-0.39, 0.29) is 24.6 Å². The number of nitrogens with zero attached hydrogens (tertiary/aromatic N) is 2. The van der Waals surface area contributed by atoms with Crippen LogP contribution in [0, 0.1) is 10.1 Å². The van der Waals surface area contributed by atoms with Crippen LogP contribution in [-0.4, -0.2) is 46.1 Å². The third kappa shape index (κ3) is 4.26. The van der Waals surface area contributed by atoms with Gasteiger partial charge in [-0.15, -0.1) is 0 Å². The highest BCUT2D eigenvalue weighted by molar-refractivity contribution is 6.09. The van der Waals surface area contributed by atoms with Gasteiger partial charge in [-0.3, -0.25) is 19.8 Å². The fraction of sp³-hybridized carbons (Fsp3) is 0.167. The fourth-order valence-electron chi connectivity index (χ4n) is 3.82. The summed E-state index contributed by atoms with van der Waals surface area (Å²) < 4.78 is 5.44. The minimum Gasteiger partial charge on any atom is -0.491 e. The molecule has 9 heteroatoms. The highest BCUT2D eigenvalue weighted by Crippen LogP contribution is 2.36. The molecule has 3 aromatic rings. The summed E-state index contributed by atoms with van der Waals surface area (Å²) in [5.74, 6) is -0.317. The molecule has 1 aliphatic rings. The highest BCUT2D eigenvalue weighted by Gasteiger charge is 2.53. The zero-order valence-electron chi connectivity index (χ0n) is 17.5. The molecule has 1 atom stereocenters. The predicted octanol–water partition coefficient (Wildman–Crippen LogP) is 2.83. The van der Waals surface area contributed by atoms with Gasteiger partial charge in [0.05, 0.1) is 17.5 Å². The molecule has 0 spiro atoms. The Hall–Kier alpha value is -4.24. The van der Waals surface area contributed by atoms with Crippen LogP contribution in [-0.2, 0) is 10.3 Å². The first-order valence-electron chi connectivity index (χ1n) is 10.2. The number of nitrogens with one attached hydrogen (secondary N) is 1. The number of β-amino-alcohol motifs (C(OH)–C–C–N with tert-alkyl or cyclic N) is 1. The van der Waals surface area contributed by atoms with Crippen molar-refractivity contribution in [1.82, 2.24) is 10.2 Å². The van der Waals surface area contributed by atoms with Gasteiger partial charge in [-0.05, 0) is 17.2 Å². The first kappa shape index (κ1) is 22.0. The molecule has 1 fully saturated rings. The summed E-state index contributed by atoms with van der Waals surface area (Å²) in [6.45, 7) is -0.567. The molecule has 0 aromatic heterocycles. The van der Waals surface area contributed by atoms with Gasteiger partial charge < -0.3 is 15.2 Å². The van der Waals surface area contributed by atoms with Gasteiger partial charge in [0, 0.05) is 6.07 Å². The molecular weight excluding hydrogens is 426 g/mol.